The third-order valence-electron chi connectivity index (χ3n) is 3.97. The van der Waals surface area contributed by atoms with E-state index in [9.17, 15) is 22.4 Å². The number of carbonyl (C=O) groups is 1. The summed E-state index contributed by atoms with van der Waals surface area (Å²) in [5.74, 6) is -0.896. The Labute approximate surface area is 174 Å². The molecule has 0 aliphatic rings. The van der Waals surface area contributed by atoms with E-state index in [1.54, 1.807) is 24.3 Å². The van der Waals surface area contributed by atoms with Gasteiger partial charge in [0.15, 0.2) is 5.11 Å². The lowest BCUT2D eigenvalue weighted by molar-refractivity contribution is -0.137. The van der Waals surface area contributed by atoms with Gasteiger partial charge in [0.1, 0.15) is 5.82 Å². The minimum absolute atomic E-state index is 0.0105. The van der Waals surface area contributed by atoms with E-state index in [0.717, 1.165) is 12.1 Å². The maximum atomic E-state index is 13.0. The quantitative estimate of drug-likeness (QED) is 0.354. The molecule has 3 aromatic carbocycles. The summed E-state index contributed by atoms with van der Waals surface area (Å²) in [6, 6.07) is 16.3. The van der Waals surface area contributed by atoms with Crippen LogP contribution in [-0.2, 0) is 6.18 Å². The van der Waals surface area contributed by atoms with E-state index < -0.39 is 23.5 Å². The van der Waals surface area contributed by atoms with Crippen molar-refractivity contribution < 1.29 is 22.4 Å². The van der Waals surface area contributed by atoms with Gasteiger partial charge in [-0.15, -0.1) is 0 Å². The van der Waals surface area contributed by atoms with Crippen LogP contribution in [-0.4, -0.2) is 11.0 Å². The Kier molecular flexibility index (Phi) is 6.31. The lowest BCUT2D eigenvalue weighted by Gasteiger charge is -2.15. The second-order valence-electron chi connectivity index (χ2n) is 6.16. The van der Waals surface area contributed by atoms with Gasteiger partial charge in [-0.1, -0.05) is 18.2 Å². The predicted molar refractivity (Wildman–Crippen MR) is 112 cm³/mol. The van der Waals surface area contributed by atoms with Crippen LogP contribution in [0.5, 0.6) is 0 Å². The lowest BCUT2D eigenvalue weighted by Crippen LogP contribution is -2.22. The lowest BCUT2D eigenvalue weighted by atomic mass is 10.1. The van der Waals surface area contributed by atoms with Gasteiger partial charge in [-0.05, 0) is 66.8 Å². The SMILES string of the molecule is O=C(Nc1ccc(F)cc1)c1ccccc1NC(=S)Nc1cccc(C(F)(F)F)c1. The van der Waals surface area contributed by atoms with Crippen molar-refractivity contribution in [3.63, 3.8) is 0 Å². The number of rotatable bonds is 4. The van der Waals surface area contributed by atoms with Gasteiger partial charge < -0.3 is 16.0 Å². The smallest absolute Gasteiger partial charge is 0.332 e. The first-order chi connectivity index (χ1) is 14.2. The molecule has 9 heteroatoms. The van der Waals surface area contributed by atoms with E-state index in [2.05, 4.69) is 16.0 Å². The van der Waals surface area contributed by atoms with Crippen LogP contribution in [0, 0.1) is 5.82 Å². The Morgan fingerprint density at radius 2 is 1.50 bits per heavy atom. The van der Waals surface area contributed by atoms with Gasteiger partial charge in [-0.25, -0.2) is 4.39 Å². The highest BCUT2D eigenvalue weighted by molar-refractivity contribution is 7.80. The van der Waals surface area contributed by atoms with E-state index in [4.69, 9.17) is 12.2 Å². The molecular formula is C21H15F4N3OS. The monoisotopic (exact) mass is 433 g/mol. The fraction of sp³-hybridized carbons (Fsp3) is 0.0476. The van der Waals surface area contributed by atoms with Gasteiger partial charge in [-0.2, -0.15) is 13.2 Å². The van der Waals surface area contributed by atoms with Crippen molar-refractivity contribution in [1.82, 2.24) is 0 Å². The molecule has 3 aromatic rings. The number of hydrogen-bond donors (Lipinski definition) is 3. The molecule has 1 amide bonds. The second kappa shape index (κ2) is 8.91. The average Bonchev–Trinajstić information content (AvgIpc) is 2.69. The third kappa shape index (κ3) is 5.54. The molecule has 0 aliphatic heterocycles. The highest BCUT2D eigenvalue weighted by atomic mass is 32.1. The van der Waals surface area contributed by atoms with Crippen LogP contribution >= 0.6 is 12.2 Å². The largest absolute Gasteiger partial charge is 0.416 e. The molecule has 4 nitrogen and oxygen atoms in total. The summed E-state index contributed by atoms with van der Waals surface area (Å²) in [6.45, 7) is 0. The predicted octanol–water partition coefficient (Wildman–Crippen LogP) is 5.91. The third-order valence-corrected chi connectivity index (χ3v) is 4.17. The molecular weight excluding hydrogens is 418 g/mol. The van der Waals surface area contributed by atoms with Gasteiger partial charge in [0.2, 0.25) is 0 Å². The summed E-state index contributed by atoms with van der Waals surface area (Å²) in [5, 5.41) is 8.13. The number of halogens is 4. The molecule has 0 aromatic heterocycles. The van der Waals surface area contributed by atoms with Crippen LogP contribution in [0.25, 0.3) is 0 Å². The van der Waals surface area contributed by atoms with Crippen LogP contribution in [0.4, 0.5) is 34.6 Å². The number of amides is 1. The standard InChI is InChI=1S/C21H15F4N3OS/c22-14-8-10-15(11-9-14)26-19(29)17-6-1-2-7-18(17)28-20(30)27-16-5-3-4-13(12-16)21(23,24)25/h1-12H,(H,26,29)(H2,27,28,30). The van der Waals surface area contributed by atoms with E-state index >= 15 is 0 Å². The minimum Gasteiger partial charge on any atom is -0.332 e. The summed E-state index contributed by atoms with van der Waals surface area (Å²) in [7, 11) is 0. The number of thiocarbonyl (C=S) groups is 1. The van der Waals surface area contributed by atoms with Gasteiger partial charge in [-0.3, -0.25) is 4.79 Å². The summed E-state index contributed by atoms with van der Waals surface area (Å²) < 4.78 is 51.6. The van der Waals surface area contributed by atoms with E-state index in [0.29, 0.717) is 11.4 Å². The zero-order valence-electron chi connectivity index (χ0n) is 15.3. The van der Waals surface area contributed by atoms with Crippen molar-refractivity contribution in [3.05, 3.63) is 89.7 Å². The van der Waals surface area contributed by atoms with Gasteiger partial charge >= 0.3 is 6.18 Å². The van der Waals surface area contributed by atoms with Crippen molar-refractivity contribution in [2.75, 3.05) is 16.0 Å². The Morgan fingerprint density at radius 1 is 0.800 bits per heavy atom. The maximum absolute atomic E-state index is 13.0. The number of anilines is 3. The van der Waals surface area contributed by atoms with Crippen molar-refractivity contribution in [2.24, 2.45) is 0 Å². The molecule has 0 heterocycles. The minimum atomic E-state index is -4.47. The summed E-state index contributed by atoms with van der Waals surface area (Å²) >= 11 is 5.17. The van der Waals surface area contributed by atoms with Crippen LogP contribution in [0.3, 0.4) is 0 Å². The van der Waals surface area contributed by atoms with E-state index in [1.165, 1.54) is 36.4 Å². The molecule has 0 fully saturated rings. The van der Waals surface area contributed by atoms with Crippen LogP contribution in [0.1, 0.15) is 15.9 Å². The summed E-state index contributed by atoms with van der Waals surface area (Å²) in [6.07, 6.45) is -4.47. The van der Waals surface area contributed by atoms with Gasteiger partial charge in [0.05, 0.1) is 16.8 Å². The second-order valence-corrected chi connectivity index (χ2v) is 6.57. The average molecular weight is 433 g/mol. The van der Waals surface area contributed by atoms with Crippen molar-refractivity contribution >= 4 is 40.3 Å². The first kappa shape index (κ1) is 21.3. The first-order valence-electron chi connectivity index (χ1n) is 8.63. The van der Waals surface area contributed by atoms with Crippen molar-refractivity contribution in [1.29, 1.82) is 0 Å². The van der Waals surface area contributed by atoms with Crippen LogP contribution < -0.4 is 16.0 Å². The zero-order chi connectivity index (χ0) is 21.7. The molecule has 0 bridgehead atoms. The van der Waals surface area contributed by atoms with Crippen molar-refractivity contribution in [3.8, 4) is 0 Å². The fourth-order valence-corrected chi connectivity index (χ4v) is 2.81. The van der Waals surface area contributed by atoms with Gasteiger partial charge in [0, 0.05) is 11.4 Å². The number of nitrogens with one attached hydrogen (secondary N) is 3. The topological polar surface area (TPSA) is 53.2 Å². The zero-order valence-corrected chi connectivity index (χ0v) is 16.1. The highest BCUT2D eigenvalue weighted by Gasteiger charge is 2.30. The molecule has 0 unspecified atom stereocenters. The molecule has 3 rings (SSSR count). The molecule has 0 radical (unpaired) electrons. The number of para-hydroxylation sites is 1. The first-order valence-corrected chi connectivity index (χ1v) is 9.04. The van der Waals surface area contributed by atoms with Crippen molar-refractivity contribution in [2.45, 2.75) is 6.18 Å². The fourth-order valence-electron chi connectivity index (χ4n) is 2.58. The molecule has 0 saturated heterocycles. The van der Waals surface area contributed by atoms with Crippen LogP contribution in [0.15, 0.2) is 72.8 Å². The van der Waals surface area contributed by atoms with Crippen LogP contribution in [0.2, 0.25) is 0 Å². The Bertz CT molecular complexity index is 1070. The maximum Gasteiger partial charge on any atom is 0.416 e. The molecule has 30 heavy (non-hydrogen) atoms. The number of carbonyl (C=O) groups excluding carboxylic acids is 1. The van der Waals surface area contributed by atoms with E-state index in [-0.39, 0.29) is 16.4 Å². The molecule has 0 spiro atoms. The number of alkyl halides is 3. The summed E-state index contributed by atoms with van der Waals surface area (Å²) in [5.41, 5.74) is 0.336. The van der Waals surface area contributed by atoms with E-state index in [1.807, 2.05) is 0 Å². The molecule has 154 valence electrons. The number of hydrogen-bond acceptors (Lipinski definition) is 2. The Morgan fingerprint density at radius 3 is 2.20 bits per heavy atom. The Balaban J connectivity index is 1.72. The molecule has 0 saturated carbocycles. The normalized spacial score (nSPS) is 10.9. The number of benzene rings is 3. The Hall–Kier alpha value is -3.46. The summed E-state index contributed by atoms with van der Waals surface area (Å²) in [4.78, 5) is 12.6. The molecule has 0 atom stereocenters. The highest BCUT2D eigenvalue weighted by Crippen LogP contribution is 2.30. The molecule has 3 N–H and O–H groups in total. The van der Waals surface area contributed by atoms with Gasteiger partial charge in [0.25, 0.3) is 5.91 Å². The molecule has 0 aliphatic carbocycles.